The molecular formula is C18H21NO2S. The molecule has 1 heterocycles. The normalized spacial score (nSPS) is 14.6. The fraction of sp³-hybridized carbons (Fsp3) is 0.389. The van der Waals surface area contributed by atoms with Gasteiger partial charge in [-0.15, -0.1) is 11.3 Å². The maximum Gasteiger partial charge on any atom is 0.261 e. The second-order valence-electron chi connectivity index (χ2n) is 5.72. The van der Waals surface area contributed by atoms with Crippen LogP contribution in [0, 0.1) is 0 Å². The van der Waals surface area contributed by atoms with Gasteiger partial charge in [0.1, 0.15) is 0 Å². The maximum absolute atomic E-state index is 12.5. The molecule has 0 saturated heterocycles. The van der Waals surface area contributed by atoms with Crippen molar-refractivity contribution in [2.24, 2.45) is 0 Å². The van der Waals surface area contributed by atoms with Gasteiger partial charge in [-0.2, -0.15) is 0 Å². The van der Waals surface area contributed by atoms with Gasteiger partial charge in [-0.25, -0.2) is 0 Å². The molecule has 0 bridgehead atoms. The third-order valence-corrected chi connectivity index (χ3v) is 5.36. The van der Waals surface area contributed by atoms with Gasteiger partial charge >= 0.3 is 0 Å². The zero-order chi connectivity index (χ0) is 15.4. The smallest absolute Gasteiger partial charge is 0.261 e. The number of hydrogen-bond donors (Lipinski definition) is 2. The number of aliphatic hydroxyl groups is 1. The molecule has 3 nitrogen and oxygen atoms in total. The predicted octanol–water partition coefficient (Wildman–Crippen LogP) is 3.48. The molecule has 1 unspecified atom stereocenters. The van der Waals surface area contributed by atoms with E-state index in [0.717, 1.165) is 29.7 Å². The molecule has 4 heteroatoms. The molecule has 0 spiro atoms. The fourth-order valence-corrected chi connectivity index (χ4v) is 4.13. The topological polar surface area (TPSA) is 49.3 Å². The number of thiophene rings is 1. The molecule has 22 heavy (non-hydrogen) atoms. The van der Waals surface area contributed by atoms with Crippen molar-refractivity contribution in [2.75, 3.05) is 6.61 Å². The highest BCUT2D eigenvalue weighted by atomic mass is 32.1. The van der Waals surface area contributed by atoms with Gasteiger partial charge in [0.25, 0.3) is 5.91 Å². The average Bonchev–Trinajstić information content (AvgIpc) is 3.13. The van der Waals surface area contributed by atoms with Crippen LogP contribution >= 0.6 is 11.3 Å². The lowest BCUT2D eigenvalue weighted by atomic mass is 10.0. The van der Waals surface area contributed by atoms with Crippen LogP contribution in [0.4, 0.5) is 0 Å². The van der Waals surface area contributed by atoms with E-state index >= 15 is 0 Å². The van der Waals surface area contributed by atoms with Crippen molar-refractivity contribution in [1.29, 1.82) is 0 Å². The van der Waals surface area contributed by atoms with Crippen molar-refractivity contribution in [3.05, 3.63) is 57.3 Å². The van der Waals surface area contributed by atoms with Crippen LogP contribution in [-0.2, 0) is 12.8 Å². The third-order valence-electron chi connectivity index (χ3n) is 4.13. The number of aliphatic hydroxyl groups excluding tert-OH is 1. The van der Waals surface area contributed by atoms with Crippen LogP contribution in [-0.4, -0.2) is 17.6 Å². The number of benzene rings is 1. The van der Waals surface area contributed by atoms with Crippen molar-refractivity contribution in [3.63, 3.8) is 0 Å². The first-order valence-electron chi connectivity index (χ1n) is 7.86. The van der Waals surface area contributed by atoms with Crippen molar-refractivity contribution < 1.29 is 9.90 Å². The first-order valence-corrected chi connectivity index (χ1v) is 8.68. The molecule has 2 N–H and O–H groups in total. The lowest BCUT2D eigenvalue weighted by Gasteiger charge is -2.18. The standard InChI is InChI=1S/C18H21NO2S/c20-11-5-9-15(13-6-2-1-3-7-13)19-18(21)17-12-14-8-4-10-16(14)22-17/h1-3,6-7,12,15,20H,4-5,8-11H2,(H,19,21). The van der Waals surface area contributed by atoms with E-state index in [-0.39, 0.29) is 18.6 Å². The van der Waals surface area contributed by atoms with Crippen LogP contribution < -0.4 is 5.32 Å². The van der Waals surface area contributed by atoms with Crippen LogP contribution in [0.3, 0.4) is 0 Å². The Balaban J connectivity index is 1.73. The van der Waals surface area contributed by atoms with Gasteiger partial charge in [0.05, 0.1) is 10.9 Å². The summed E-state index contributed by atoms with van der Waals surface area (Å²) in [5, 5.41) is 12.2. The Morgan fingerprint density at radius 1 is 1.27 bits per heavy atom. The van der Waals surface area contributed by atoms with Crippen LogP contribution in [0.2, 0.25) is 0 Å². The Morgan fingerprint density at radius 2 is 2.09 bits per heavy atom. The van der Waals surface area contributed by atoms with Gasteiger partial charge in [-0.1, -0.05) is 30.3 Å². The second-order valence-corrected chi connectivity index (χ2v) is 6.85. The van der Waals surface area contributed by atoms with E-state index in [2.05, 4.69) is 11.4 Å². The Hall–Kier alpha value is -1.65. The summed E-state index contributed by atoms with van der Waals surface area (Å²) < 4.78 is 0. The van der Waals surface area contributed by atoms with E-state index in [0.29, 0.717) is 6.42 Å². The lowest BCUT2D eigenvalue weighted by Crippen LogP contribution is -2.28. The molecule has 0 radical (unpaired) electrons. The maximum atomic E-state index is 12.5. The monoisotopic (exact) mass is 315 g/mol. The van der Waals surface area contributed by atoms with Gasteiger partial charge in [0.15, 0.2) is 0 Å². The van der Waals surface area contributed by atoms with E-state index in [1.165, 1.54) is 16.9 Å². The number of carbonyl (C=O) groups is 1. The highest BCUT2D eigenvalue weighted by Gasteiger charge is 2.21. The number of carbonyl (C=O) groups excluding carboxylic acids is 1. The Morgan fingerprint density at radius 3 is 2.82 bits per heavy atom. The summed E-state index contributed by atoms with van der Waals surface area (Å²) in [7, 11) is 0. The minimum atomic E-state index is -0.0437. The summed E-state index contributed by atoms with van der Waals surface area (Å²) in [6, 6.07) is 12.0. The lowest BCUT2D eigenvalue weighted by molar-refractivity contribution is 0.0936. The number of nitrogens with one attached hydrogen (secondary N) is 1. The van der Waals surface area contributed by atoms with Gasteiger partial charge in [-0.3, -0.25) is 4.79 Å². The highest BCUT2D eigenvalue weighted by Crippen LogP contribution is 2.31. The zero-order valence-electron chi connectivity index (χ0n) is 12.5. The second kappa shape index (κ2) is 7.07. The fourth-order valence-electron chi connectivity index (χ4n) is 2.97. The van der Waals surface area contributed by atoms with Crippen LogP contribution in [0.1, 0.15) is 51.0 Å². The predicted molar refractivity (Wildman–Crippen MR) is 89.3 cm³/mol. The number of aryl methyl sites for hydroxylation is 2. The van der Waals surface area contributed by atoms with Crippen LogP contribution in [0.15, 0.2) is 36.4 Å². The third kappa shape index (κ3) is 3.39. The van der Waals surface area contributed by atoms with E-state index in [1.807, 2.05) is 30.3 Å². The molecule has 2 aromatic rings. The minimum absolute atomic E-state index is 0.00573. The molecule has 1 aliphatic carbocycles. The zero-order valence-corrected chi connectivity index (χ0v) is 13.4. The molecule has 116 valence electrons. The number of rotatable bonds is 6. The van der Waals surface area contributed by atoms with Crippen LogP contribution in [0.5, 0.6) is 0 Å². The average molecular weight is 315 g/mol. The molecule has 0 aliphatic heterocycles. The molecule has 1 aromatic heterocycles. The molecule has 1 aromatic carbocycles. The quantitative estimate of drug-likeness (QED) is 0.857. The summed E-state index contributed by atoms with van der Waals surface area (Å²) in [5.41, 5.74) is 2.44. The first kappa shape index (κ1) is 15.3. The first-order chi connectivity index (χ1) is 10.8. The number of hydrogen-bond acceptors (Lipinski definition) is 3. The Labute approximate surface area is 135 Å². The summed E-state index contributed by atoms with van der Waals surface area (Å²) >= 11 is 1.63. The summed E-state index contributed by atoms with van der Waals surface area (Å²) in [6.45, 7) is 0.145. The summed E-state index contributed by atoms with van der Waals surface area (Å²) in [6.07, 6.45) is 4.86. The number of fused-ring (bicyclic) bond motifs is 1. The van der Waals surface area contributed by atoms with Crippen molar-refractivity contribution in [3.8, 4) is 0 Å². The highest BCUT2D eigenvalue weighted by molar-refractivity contribution is 7.14. The van der Waals surface area contributed by atoms with E-state index in [4.69, 9.17) is 5.11 Å². The van der Waals surface area contributed by atoms with E-state index < -0.39 is 0 Å². The Kier molecular flexibility index (Phi) is 4.90. The van der Waals surface area contributed by atoms with Crippen LogP contribution in [0.25, 0.3) is 0 Å². The van der Waals surface area contributed by atoms with Gasteiger partial charge in [0, 0.05) is 11.5 Å². The van der Waals surface area contributed by atoms with E-state index in [1.54, 1.807) is 11.3 Å². The molecule has 1 aliphatic rings. The number of amides is 1. The van der Waals surface area contributed by atoms with E-state index in [9.17, 15) is 4.79 Å². The van der Waals surface area contributed by atoms with Gasteiger partial charge < -0.3 is 10.4 Å². The Bertz CT molecular complexity index is 614. The molecule has 0 saturated carbocycles. The summed E-state index contributed by atoms with van der Waals surface area (Å²) in [5.74, 6) is 0.00573. The van der Waals surface area contributed by atoms with Crippen molar-refractivity contribution in [1.82, 2.24) is 5.32 Å². The molecular weight excluding hydrogens is 294 g/mol. The molecule has 0 fully saturated rings. The summed E-state index contributed by atoms with van der Waals surface area (Å²) in [4.78, 5) is 14.7. The molecule has 3 rings (SSSR count). The molecule has 1 atom stereocenters. The largest absolute Gasteiger partial charge is 0.396 e. The van der Waals surface area contributed by atoms with Gasteiger partial charge in [0.2, 0.25) is 0 Å². The van der Waals surface area contributed by atoms with Gasteiger partial charge in [-0.05, 0) is 49.3 Å². The minimum Gasteiger partial charge on any atom is -0.396 e. The SMILES string of the molecule is O=C(NC(CCCO)c1ccccc1)c1cc2c(s1)CCC2. The molecule has 1 amide bonds. The van der Waals surface area contributed by atoms with Crippen molar-refractivity contribution >= 4 is 17.2 Å². The van der Waals surface area contributed by atoms with Crippen molar-refractivity contribution in [2.45, 2.75) is 38.1 Å².